The molecule has 1 aliphatic heterocycles. The van der Waals surface area contributed by atoms with Crippen LogP contribution in [0.2, 0.25) is 0 Å². The van der Waals surface area contributed by atoms with E-state index in [-0.39, 0.29) is 37.6 Å². The van der Waals surface area contributed by atoms with E-state index in [1.807, 2.05) is 0 Å². The van der Waals surface area contributed by atoms with Crippen molar-refractivity contribution in [1.29, 1.82) is 0 Å². The number of alkyl halides is 2. The molecule has 0 atom stereocenters. The molecule has 1 saturated heterocycles. The monoisotopic (exact) mass is 299 g/mol. The van der Waals surface area contributed by atoms with Gasteiger partial charge in [-0.15, -0.1) is 0 Å². The van der Waals surface area contributed by atoms with Gasteiger partial charge in [0.15, 0.2) is 0 Å². The van der Waals surface area contributed by atoms with Gasteiger partial charge in [0, 0.05) is 36.8 Å². The van der Waals surface area contributed by atoms with Crippen molar-refractivity contribution in [3.05, 3.63) is 34.5 Å². The molecule has 21 heavy (non-hydrogen) atoms. The number of hydrogen-bond donors (Lipinski definition) is 0. The molecule has 0 radical (unpaired) electrons. The van der Waals surface area contributed by atoms with Gasteiger partial charge in [0.1, 0.15) is 5.82 Å². The Morgan fingerprint density at radius 1 is 1.29 bits per heavy atom. The number of halogens is 3. The molecule has 0 saturated carbocycles. The van der Waals surface area contributed by atoms with E-state index in [1.54, 1.807) is 4.90 Å². The minimum absolute atomic E-state index is 0.112. The predicted molar refractivity (Wildman–Crippen MR) is 70.0 cm³/mol. The van der Waals surface area contributed by atoms with Crippen LogP contribution in [0.5, 0.6) is 0 Å². The number of carbonyl (C=O) groups excluding carboxylic acids is 1. The van der Waals surface area contributed by atoms with E-state index in [1.165, 1.54) is 12.1 Å². The summed E-state index contributed by atoms with van der Waals surface area (Å²) in [5, 5.41) is 3.29. The number of carbonyl (C=O) groups is 1. The van der Waals surface area contributed by atoms with Crippen LogP contribution in [0, 0.1) is 5.82 Å². The number of rotatable bonds is 3. The van der Waals surface area contributed by atoms with Gasteiger partial charge in [-0.3, -0.25) is 4.79 Å². The first-order valence-electron chi connectivity index (χ1n) is 6.19. The number of azide groups is 1. The minimum atomic E-state index is -3.02. The van der Waals surface area contributed by atoms with Gasteiger partial charge in [0.05, 0.1) is 5.69 Å². The fourth-order valence-electron chi connectivity index (χ4n) is 2.17. The Labute approximate surface area is 118 Å². The molecule has 0 aliphatic carbocycles. The Morgan fingerprint density at radius 2 is 1.95 bits per heavy atom. The average Bonchev–Trinajstić information content (AvgIpc) is 2.47. The van der Waals surface area contributed by atoms with Crippen LogP contribution in [0.15, 0.2) is 23.3 Å². The van der Waals surface area contributed by atoms with Crippen molar-refractivity contribution in [2.45, 2.75) is 6.43 Å². The third-order valence-corrected chi connectivity index (χ3v) is 3.21. The van der Waals surface area contributed by atoms with Crippen molar-refractivity contribution < 1.29 is 18.0 Å². The number of anilines is 1. The van der Waals surface area contributed by atoms with Gasteiger partial charge >= 0.3 is 6.43 Å². The molecule has 1 amide bonds. The molecule has 1 aromatic carbocycles. The largest absolute Gasteiger partial charge is 0.366 e. The van der Waals surface area contributed by atoms with Crippen molar-refractivity contribution in [2.24, 2.45) is 5.11 Å². The second kappa shape index (κ2) is 6.36. The molecule has 1 heterocycles. The third kappa shape index (κ3) is 3.38. The highest BCUT2D eigenvalue weighted by atomic mass is 19.3. The molecule has 1 aromatic rings. The summed E-state index contributed by atoms with van der Waals surface area (Å²) >= 11 is 0. The van der Waals surface area contributed by atoms with E-state index >= 15 is 0 Å². The number of amides is 1. The van der Waals surface area contributed by atoms with Crippen LogP contribution in [-0.2, 0) is 4.79 Å². The van der Waals surface area contributed by atoms with E-state index in [4.69, 9.17) is 5.53 Å². The number of benzene rings is 1. The van der Waals surface area contributed by atoms with Gasteiger partial charge < -0.3 is 9.80 Å². The summed E-state index contributed by atoms with van der Waals surface area (Å²) in [7, 11) is 0. The fourth-order valence-corrected chi connectivity index (χ4v) is 2.17. The highest BCUT2D eigenvalue weighted by Gasteiger charge is 2.27. The van der Waals surface area contributed by atoms with Crippen LogP contribution in [0.4, 0.5) is 24.5 Å². The molecular weight excluding hydrogens is 287 g/mol. The quantitative estimate of drug-likeness (QED) is 0.489. The molecule has 0 aromatic heterocycles. The summed E-state index contributed by atoms with van der Waals surface area (Å²) in [5.74, 6) is -1.76. The molecule has 9 heteroatoms. The topological polar surface area (TPSA) is 72.3 Å². The predicted octanol–water partition coefficient (Wildman–Crippen LogP) is 2.68. The van der Waals surface area contributed by atoms with Crippen molar-refractivity contribution in [3.63, 3.8) is 0 Å². The highest BCUT2D eigenvalue weighted by molar-refractivity contribution is 5.79. The van der Waals surface area contributed by atoms with Crippen molar-refractivity contribution in [3.8, 4) is 0 Å². The van der Waals surface area contributed by atoms with Gasteiger partial charge in [-0.25, -0.2) is 4.39 Å². The maximum atomic E-state index is 13.9. The first-order chi connectivity index (χ1) is 10.0. The van der Waals surface area contributed by atoms with E-state index in [9.17, 15) is 18.0 Å². The van der Waals surface area contributed by atoms with Crippen molar-refractivity contribution >= 4 is 17.3 Å². The zero-order valence-electron chi connectivity index (χ0n) is 10.9. The number of nitrogens with zero attached hydrogens (tertiary/aromatic N) is 5. The number of hydrogen-bond acceptors (Lipinski definition) is 3. The van der Waals surface area contributed by atoms with Crippen LogP contribution in [0.25, 0.3) is 10.4 Å². The van der Waals surface area contributed by atoms with Gasteiger partial charge in [-0.1, -0.05) is 11.2 Å². The Balaban J connectivity index is 2.05. The molecule has 0 N–H and O–H groups in total. The lowest BCUT2D eigenvalue weighted by Crippen LogP contribution is -2.50. The second-order valence-corrected chi connectivity index (χ2v) is 4.44. The molecule has 0 unspecified atom stereocenters. The second-order valence-electron chi connectivity index (χ2n) is 4.44. The SMILES string of the molecule is [N-]=[N+]=Nc1ccc(N2CCN(C(=O)C(F)F)CC2)c(F)c1. The Kier molecular flexibility index (Phi) is 4.54. The zero-order valence-corrected chi connectivity index (χ0v) is 10.9. The normalized spacial score (nSPS) is 15.0. The summed E-state index contributed by atoms with van der Waals surface area (Å²) in [5.41, 5.74) is 8.73. The van der Waals surface area contributed by atoms with Crippen LogP contribution < -0.4 is 4.90 Å². The highest BCUT2D eigenvalue weighted by Crippen LogP contribution is 2.25. The van der Waals surface area contributed by atoms with Gasteiger partial charge in [0.25, 0.3) is 5.91 Å². The fraction of sp³-hybridized carbons (Fsp3) is 0.417. The van der Waals surface area contributed by atoms with Crippen LogP contribution in [0.1, 0.15) is 0 Å². The Hall–Kier alpha value is -2.41. The first kappa shape index (κ1) is 15.0. The van der Waals surface area contributed by atoms with Crippen molar-refractivity contribution in [1.82, 2.24) is 4.90 Å². The summed E-state index contributed by atoms with van der Waals surface area (Å²) in [4.78, 5) is 16.4. The summed E-state index contributed by atoms with van der Waals surface area (Å²) < 4.78 is 38.5. The standard InChI is InChI=1S/C12H12F3N5O/c13-9-7-8(17-18-16)1-2-10(9)19-3-5-20(6-4-19)12(21)11(14)15/h1-2,7,11H,3-6H2. The van der Waals surface area contributed by atoms with Crippen molar-refractivity contribution in [2.75, 3.05) is 31.1 Å². The maximum Gasteiger partial charge on any atom is 0.315 e. The molecule has 0 spiro atoms. The van der Waals surface area contributed by atoms with Gasteiger partial charge in [-0.05, 0) is 17.7 Å². The molecule has 1 aliphatic rings. The molecule has 112 valence electrons. The van der Waals surface area contributed by atoms with Crippen LogP contribution in [0.3, 0.4) is 0 Å². The van der Waals surface area contributed by atoms with Crippen LogP contribution in [-0.4, -0.2) is 43.4 Å². The lowest BCUT2D eigenvalue weighted by molar-refractivity contribution is -0.143. The van der Waals surface area contributed by atoms with E-state index in [2.05, 4.69) is 10.0 Å². The lowest BCUT2D eigenvalue weighted by atomic mass is 10.2. The van der Waals surface area contributed by atoms with Gasteiger partial charge in [0.2, 0.25) is 0 Å². The Bertz CT molecular complexity index is 580. The van der Waals surface area contributed by atoms with E-state index < -0.39 is 18.1 Å². The first-order valence-corrected chi connectivity index (χ1v) is 6.19. The molecule has 2 rings (SSSR count). The van der Waals surface area contributed by atoms with Crippen LogP contribution >= 0.6 is 0 Å². The Morgan fingerprint density at radius 3 is 2.48 bits per heavy atom. The lowest BCUT2D eigenvalue weighted by Gasteiger charge is -2.36. The molecule has 1 fully saturated rings. The molecule has 6 nitrogen and oxygen atoms in total. The van der Waals surface area contributed by atoms with Gasteiger partial charge in [-0.2, -0.15) is 8.78 Å². The third-order valence-electron chi connectivity index (χ3n) is 3.21. The molecule has 0 bridgehead atoms. The minimum Gasteiger partial charge on any atom is -0.366 e. The average molecular weight is 299 g/mol. The van der Waals surface area contributed by atoms with E-state index in [0.717, 1.165) is 11.0 Å². The summed E-state index contributed by atoms with van der Waals surface area (Å²) in [6.07, 6.45) is -3.02. The summed E-state index contributed by atoms with van der Waals surface area (Å²) in [6.45, 7) is 0.744. The molecular formula is C12H12F3N5O. The number of piperazine rings is 1. The maximum absolute atomic E-state index is 13.9. The smallest absolute Gasteiger partial charge is 0.315 e. The summed E-state index contributed by atoms with van der Waals surface area (Å²) in [6, 6.07) is 4.03. The zero-order chi connectivity index (χ0) is 15.4. The van der Waals surface area contributed by atoms with E-state index in [0.29, 0.717) is 0 Å².